The normalized spacial score (nSPS) is 31.4. The van der Waals surface area contributed by atoms with Gasteiger partial charge in [0, 0.05) is 16.8 Å². The third kappa shape index (κ3) is 5.12. The number of unbranched alkanes of at least 4 members (excludes halogenated alkanes) is 2. The zero-order valence-electron chi connectivity index (χ0n) is 23.5. The summed E-state index contributed by atoms with van der Waals surface area (Å²) in [5.41, 5.74) is -0.490. The van der Waals surface area contributed by atoms with Crippen molar-refractivity contribution in [3.8, 4) is 0 Å². The quantitative estimate of drug-likeness (QED) is 0.229. The largest absolute Gasteiger partial charge is 0.465 e. The fourth-order valence-electron chi connectivity index (χ4n) is 6.60. The summed E-state index contributed by atoms with van der Waals surface area (Å²) in [6, 6.07) is -1.28. The molecule has 3 aliphatic rings. The second kappa shape index (κ2) is 11.1. The van der Waals surface area contributed by atoms with Gasteiger partial charge in [0.25, 0.3) is 0 Å². The highest BCUT2D eigenvalue weighted by atomic mass is 32.2. The van der Waals surface area contributed by atoms with Crippen molar-refractivity contribution in [3.63, 3.8) is 0 Å². The topological polar surface area (TPSA) is 87.1 Å². The zero-order chi connectivity index (χ0) is 27.8. The van der Waals surface area contributed by atoms with Gasteiger partial charge in [0.15, 0.2) is 0 Å². The Morgan fingerprint density at radius 3 is 2.46 bits per heavy atom. The van der Waals surface area contributed by atoms with Crippen molar-refractivity contribution in [1.82, 2.24) is 9.80 Å². The molecule has 0 aromatic carbocycles. The average molecular weight is 535 g/mol. The number of aliphatic hydroxyl groups excluding tert-OH is 1. The number of esters is 1. The molecule has 3 heterocycles. The van der Waals surface area contributed by atoms with Crippen LogP contribution in [0.5, 0.6) is 0 Å². The summed E-state index contributed by atoms with van der Waals surface area (Å²) < 4.78 is 4.53. The number of thioether (sulfide) groups is 1. The standard InChI is InChI=1S/C29H46N2O5S/c1-9-11-12-13-17-36-26(35)22-21-24(33)31(20(18-32)19(3)4)23(29(21)15-14-28(22,8)37-29)25(34)30(16-10-2)27(5,6)7/h9-10,19-23,32H,1-2,11-18H2,3-8H3/t20-,21-,22-,23?,28+,29?/m0/s1. The summed E-state index contributed by atoms with van der Waals surface area (Å²) in [5.74, 6) is -2.02. The maximum Gasteiger partial charge on any atom is 0.311 e. The number of aliphatic hydroxyl groups is 1. The molecule has 2 amide bonds. The number of allylic oxidation sites excluding steroid dienone is 1. The molecular formula is C29H46N2O5S. The first-order chi connectivity index (χ1) is 17.3. The van der Waals surface area contributed by atoms with Gasteiger partial charge < -0.3 is 19.6 Å². The third-order valence-corrected chi connectivity index (χ3v) is 10.4. The minimum Gasteiger partial charge on any atom is -0.465 e. The lowest BCUT2D eigenvalue weighted by molar-refractivity contribution is -0.156. The molecule has 8 heteroatoms. The number of carbonyl (C=O) groups excluding carboxylic acids is 3. The van der Waals surface area contributed by atoms with Crippen LogP contribution in [0, 0.1) is 17.8 Å². The van der Waals surface area contributed by atoms with Gasteiger partial charge in [-0.05, 0) is 65.7 Å². The Morgan fingerprint density at radius 1 is 1.24 bits per heavy atom. The fourth-order valence-corrected chi connectivity index (χ4v) is 8.93. The maximum atomic E-state index is 14.4. The predicted octanol–water partition coefficient (Wildman–Crippen LogP) is 4.20. The van der Waals surface area contributed by atoms with E-state index in [4.69, 9.17) is 4.74 Å². The van der Waals surface area contributed by atoms with Gasteiger partial charge in [-0.2, -0.15) is 0 Å². The molecule has 3 aliphatic heterocycles. The monoisotopic (exact) mass is 534 g/mol. The summed E-state index contributed by atoms with van der Waals surface area (Å²) in [4.78, 5) is 45.7. The number of hydrogen-bond acceptors (Lipinski definition) is 6. The van der Waals surface area contributed by atoms with Crippen molar-refractivity contribution in [1.29, 1.82) is 0 Å². The molecule has 2 bridgehead atoms. The van der Waals surface area contributed by atoms with Crippen molar-refractivity contribution < 1.29 is 24.2 Å². The van der Waals surface area contributed by atoms with Crippen LogP contribution in [0.15, 0.2) is 25.3 Å². The molecule has 2 unspecified atom stereocenters. The molecule has 0 aromatic heterocycles. The zero-order valence-corrected chi connectivity index (χ0v) is 24.3. The summed E-state index contributed by atoms with van der Waals surface area (Å²) in [7, 11) is 0. The SMILES string of the molecule is C=CCCCCOC(=O)[C@@H]1[C@H]2C(=O)N([C@@H](CO)C(C)C)C(C(=O)N(CC=C)C(C)(C)C)C23CC[C@@]1(C)S3. The molecule has 6 atom stereocenters. The molecule has 0 aromatic rings. The number of carbonyl (C=O) groups is 3. The maximum absolute atomic E-state index is 14.4. The second-order valence-electron chi connectivity index (χ2n) is 12.3. The van der Waals surface area contributed by atoms with E-state index >= 15 is 0 Å². The van der Waals surface area contributed by atoms with Gasteiger partial charge in [0.05, 0.1) is 35.8 Å². The molecule has 1 N–H and O–H groups in total. The van der Waals surface area contributed by atoms with Crippen molar-refractivity contribution in [2.75, 3.05) is 19.8 Å². The van der Waals surface area contributed by atoms with E-state index in [9.17, 15) is 19.5 Å². The van der Waals surface area contributed by atoms with E-state index < -0.39 is 39.0 Å². The molecule has 0 saturated carbocycles. The lowest BCUT2D eigenvalue weighted by Crippen LogP contribution is -2.61. The Kier molecular flexibility index (Phi) is 8.95. The number of ether oxygens (including phenoxy) is 1. The van der Waals surface area contributed by atoms with Crippen LogP contribution in [0.2, 0.25) is 0 Å². The molecule has 3 fully saturated rings. The van der Waals surface area contributed by atoms with Crippen molar-refractivity contribution in [2.24, 2.45) is 17.8 Å². The third-order valence-electron chi connectivity index (χ3n) is 8.45. The Hall–Kier alpha value is -1.80. The van der Waals surface area contributed by atoms with Gasteiger partial charge in [0.2, 0.25) is 11.8 Å². The van der Waals surface area contributed by atoms with Crippen LogP contribution in [0.1, 0.15) is 73.6 Å². The predicted molar refractivity (Wildman–Crippen MR) is 148 cm³/mol. The van der Waals surface area contributed by atoms with Crippen molar-refractivity contribution >= 4 is 29.5 Å². The van der Waals surface area contributed by atoms with Gasteiger partial charge in [-0.1, -0.05) is 26.0 Å². The van der Waals surface area contributed by atoms with Crippen LogP contribution in [0.4, 0.5) is 0 Å². The lowest BCUT2D eigenvalue weighted by Gasteiger charge is -2.44. The highest BCUT2D eigenvalue weighted by molar-refractivity contribution is 8.02. The number of rotatable bonds is 12. The second-order valence-corrected chi connectivity index (χ2v) is 14.2. The molecule has 3 saturated heterocycles. The van der Waals surface area contributed by atoms with Crippen LogP contribution in [0.3, 0.4) is 0 Å². The summed E-state index contributed by atoms with van der Waals surface area (Å²) in [6.07, 6.45) is 7.46. The van der Waals surface area contributed by atoms with Gasteiger partial charge >= 0.3 is 5.97 Å². The van der Waals surface area contributed by atoms with E-state index in [0.29, 0.717) is 19.6 Å². The van der Waals surface area contributed by atoms with Crippen LogP contribution in [-0.2, 0) is 19.1 Å². The average Bonchev–Trinajstić information content (AvgIpc) is 3.37. The molecule has 0 aliphatic carbocycles. The van der Waals surface area contributed by atoms with Crippen LogP contribution >= 0.6 is 11.8 Å². The van der Waals surface area contributed by atoms with E-state index in [2.05, 4.69) is 13.2 Å². The van der Waals surface area contributed by atoms with Crippen LogP contribution in [-0.4, -0.2) is 79.6 Å². The first-order valence-electron chi connectivity index (χ1n) is 13.6. The minimum atomic E-state index is -0.763. The number of nitrogens with zero attached hydrogens (tertiary/aromatic N) is 2. The number of likely N-dealkylation sites (tertiary alicyclic amines) is 1. The van der Waals surface area contributed by atoms with E-state index in [1.54, 1.807) is 27.6 Å². The van der Waals surface area contributed by atoms with E-state index in [-0.39, 0.29) is 30.3 Å². The van der Waals surface area contributed by atoms with E-state index in [1.807, 2.05) is 47.6 Å². The Labute approximate surface area is 227 Å². The van der Waals surface area contributed by atoms with Gasteiger partial charge in [-0.3, -0.25) is 14.4 Å². The van der Waals surface area contributed by atoms with Gasteiger partial charge in [-0.25, -0.2) is 0 Å². The molecule has 1 spiro atoms. The van der Waals surface area contributed by atoms with Crippen molar-refractivity contribution in [2.45, 2.75) is 101 Å². The number of fused-ring (bicyclic) bond motifs is 1. The first kappa shape index (κ1) is 29.8. The van der Waals surface area contributed by atoms with Gasteiger partial charge in [-0.15, -0.1) is 24.9 Å². The highest BCUT2D eigenvalue weighted by Gasteiger charge is 2.78. The van der Waals surface area contributed by atoms with E-state index in [1.165, 1.54) is 0 Å². The molecular weight excluding hydrogens is 488 g/mol. The Bertz CT molecular complexity index is 914. The molecule has 208 valence electrons. The smallest absolute Gasteiger partial charge is 0.311 e. The number of hydrogen-bond donors (Lipinski definition) is 1. The van der Waals surface area contributed by atoms with Gasteiger partial charge in [0.1, 0.15) is 6.04 Å². The highest BCUT2D eigenvalue weighted by Crippen LogP contribution is 2.72. The summed E-state index contributed by atoms with van der Waals surface area (Å²) in [6.45, 7) is 19.9. The fraction of sp³-hybridized carbons (Fsp3) is 0.759. The number of amides is 2. The Morgan fingerprint density at radius 2 is 1.92 bits per heavy atom. The summed E-state index contributed by atoms with van der Waals surface area (Å²) in [5, 5.41) is 10.4. The molecule has 0 radical (unpaired) electrons. The Balaban J connectivity index is 2.05. The summed E-state index contributed by atoms with van der Waals surface area (Å²) >= 11 is 1.63. The lowest BCUT2D eigenvalue weighted by atomic mass is 9.66. The van der Waals surface area contributed by atoms with Crippen molar-refractivity contribution in [3.05, 3.63) is 25.3 Å². The molecule has 7 nitrogen and oxygen atoms in total. The van der Waals surface area contributed by atoms with Crippen LogP contribution in [0.25, 0.3) is 0 Å². The molecule has 37 heavy (non-hydrogen) atoms. The first-order valence-corrected chi connectivity index (χ1v) is 14.5. The minimum absolute atomic E-state index is 0.0602. The molecule has 3 rings (SSSR count). The van der Waals surface area contributed by atoms with E-state index in [0.717, 1.165) is 25.7 Å². The van der Waals surface area contributed by atoms with Crippen LogP contribution < -0.4 is 0 Å².